The van der Waals surface area contributed by atoms with Crippen molar-refractivity contribution in [2.24, 2.45) is 11.8 Å². The maximum atomic E-state index is 5.74. The van der Waals surface area contributed by atoms with E-state index in [0.717, 1.165) is 25.0 Å². The molecule has 0 radical (unpaired) electrons. The molecule has 2 atom stereocenters. The Morgan fingerprint density at radius 1 is 0.917 bits per heavy atom. The molecule has 3 aliphatic rings. The van der Waals surface area contributed by atoms with Gasteiger partial charge < -0.3 is 10.1 Å². The molecule has 2 heterocycles. The third kappa shape index (κ3) is 4.26. The number of nitrogens with one attached hydrogen (secondary N) is 1. The van der Waals surface area contributed by atoms with Crippen molar-refractivity contribution >= 4 is 0 Å². The van der Waals surface area contributed by atoms with Crippen molar-refractivity contribution < 1.29 is 4.74 Å². The molecule has 2 unspecified atom stereocenters. The minimum absolute atomic E-state index is 0.746. The molecule has 2 aliphatic heterocycles. The molecule has 1 aliphatic carbocycles. The van der Waals surface area contributed by atoms with Crippen molar-refractivity contribution in [2.45, 2.75) is 79.1 Å². The van der Waals surface area contributed by atoms with E-state index >= 15 is 0 Å². The molecule has 24 heavy (non-hydrogen) atoms. The van der Waals surface area contributed by atoms with E-state index in [-0.39, 0.29) is 0 Å². The van der Waals surface area contributed by atoms with E-state index in [1.807, 2.05) is 0 Å². The molecule has 2 heteroatoms. The van der Waals surface area contributed by atoms with Crippen molar-refractivity contribution in [1.82, 2.24) is 5.32 Å². The first-order chi connectivity index (χ1) is 11.5. The highest BCUT2D eigenvalue weighted by molar-refractivity contribution is 5.20. The first-order valence-electron chi connectivity index (χ1n) is 9.92. The van der Waals surface area contributed by atoms with Crippen molar-refractivity contribution in [3.05, 3.63) is 33.7 Å². The summed E-state index contributed by atoms with van der Waals surface area (Å²) in [6.07, 6.45) is 10.2. The van der Waals surface area contributed by atoms with Crippen molar-refractivity contribution in [2.75, 3.05) is 13.2 Å². The highest BCUT2D eigenvalue weighted by Crippen LogP contribution is 2.36. The average Bonchev–Trinajstić information content (AvgIpc) is 2.56. The Balaban J connectivity index is 1.56. The molecule has 0 spiro atoms. The molecule has 0 saturated carbocycles. The summed E-state index contributed by atoms with van der Waals surface area (Å²) >= 11 is 0. The van der Waals surface area contributed by atoms with Gasteiger partial charge in [0, 0.05) is 12.2 Å². The van der Waals surface area contributed by atoms with Gasteiger partial charge in [-0.2, -0.15) is 0 Å². The second-order valence-electron chi connectivity index (χ2n) is 8.40. The van der Waals surface area contributed by atoms with E-state index < -0.39 is 0 Å². The normalized spacial score (nSPS) is 28.8. The van der Waals surface area contributed by atoms with Gasteiger partial charge in [0.1, 0.15) is 0 Å². The minimum atomic E-state index is 0.746. The van der Waals surface area contributed by atoms with Gasteiger partial charge in [-0.25, -0.2) is 0 Å². The topological polar surface area (TPSA) is 21.3 Å². The smallest absolute Gasteiger partial charge is 0.0920 e. The fraction of sp³-hybridized carbons (Fsp3) is 0.727. The second kappa shape index (κ2) is 7.80. The van der Waals surface area contributed by atoms with Gasteiger partial charge in [0.15, 0.2) is 0 Å². The lowest BCUT2D eigenvalue weighted by Gasteiger charge is -2.32. The van der Waals surface area contributed by atoms with Crippen LogP contribution in [0.2, 0.25) is 0 Å². The molecule has 0 saturated heterocycles. The summed E-state index contributed by atoms with van der Waals surface area (Å²) in [5.41, 5.74) is 7.98. The summed E-state index contributed by atoms with van der Waals surface area (Å²) in [6, 6.07) is 0. The molecule has 0 aromatic carbocycles. The highest BCUT2D eigenvalue weighted by Gasteiger charge is 2.24. The van der Waals surface area contributed by atoms with Gasteiger partial charge in [-0.05, 0) is 96.5 Å². The zero-order chi connectivity index (χ0) is 17.1. The monoisotopic (exact) mass is 329 g/mol. The van der Waals surface area contributed by atoms with Crippen LogP contribution in [0.25, 0.3) is 0 Å². The van der Waals surface area contributed by atoms with Gasteiger partial charge in [-0.15, -0.1) is 0 Å². The number of hydrogen-bond acceptors (Lipinski definition) is 2. The Morgan fingerprint density at radius 2 is 1.71 bits per heavy atom. The van der Waals surface area contributed by atoms with Crippen molar-refractivity contribution in [3.8, 4) is 0 Å². The third-order valence-corrected chi connectivity index (χ3v) is 6.43. The fourth-order valence-electron chi connectivity index (χ4n) is 4.63. The molecule has 0 aromatic rings. The second-order valence-corrected chi connectivity index (χ2v) is 8.40. The predicted octanol–water partition coefficient (Wildman–Crippen LogP) is 5.87. The Labute approximate surface area is 148 Å². The quantitative estimate of drug-likeness (QED) is 0.651. The SMILES string of the molecule is CC1=C(C)CC(CC2=C(C)CC(CC3=C(C)OCCC3)CN2)CC1. The molecule has 0 amide bonds. The van der Waals surface area contributed by atoms with Crippen LogP contribution in [0.3, 0.4) is 0 Å². The molecule has 0 bridgehead atoms. The van der Waals surface area contributed by atoms with Crippen molar-refractivity contribution in [1.29, 1.82) is 0 Å². The lowest BCUT2D eigenvalue weighted by Crippen LogP contribution is -2.30. The maximum Gasteiger partial charge on any atom is 0.0920 e. The third-order valence-electron chi connectivity index (χ3n) is 6.43. The van der Waals surface area contributed by atoms with Gasteiger partial charge in [0.05, 0.1) is 12.4 Å². The van der Waals surface area contributed by atoms with Crippen LogP contribution < -0.4 is 5.32 Å². The Hall–Kier alpha value is -1.18. The predicted molar refractivity (Wildman–Crippen MR) is 102 cm³/mol. The van der Waals surface area contributed by atoms with Crippen LogP contribution >= 0.6 is 0 Å². The standard InChI is InChI=1S/C22H35NO/c1-15-7-8-19(10-16(15)2)13-22-17(3)11-20(14-23-22)12-21-6-5-9-24-18(21)4/h19-20,23H,5-14H2,1-4H3. The number of allylic oxidation sites excluding steroid dienone is 6. The molecule has 1 N–H and O–H groups in total. The van der Waals surface area contributed by atoms with Crippen LogP contribution in [0, 0.1) is 11.8 Å². The average molecular weight is 330 g/mol. The summed E-state index contributed by atoms with van der Waals surface area (Å²) in [7, 11) is 0. The maximum absolute atomic E-state index is 5.74. The van der Waals surface area contributed by atoms with Crippen LogP contribution in [-0.4, -0.2) is 13.2 Å². The van der Waals surface area contributed by atoms with Gasteiger partial charge in [-0.3, -0.25) is 0 Å². The summed E-state index contributed by atoms with van der Waals surface area (Å²) in [6.45, 7) is 11.2. The minimum Gasteiger partial charge on any atom is -0.498 e. The van der Waals surface area contributed by atoms with Gasteiger partial charge in [-0.1, -0.05) is 16.7 Å². The summed E-state index contributed by atoms with van der Waals surface area (Å²) < 4.78 is 5.74. The van der Waals surface area contributed by atoms with E-state index in [4.69, 9.17) is 4.74 Å². The Morgan fingerprint density at radius 3 is 2.42 bits per heavy atom. The molecular weight excluding hydrogens is 294 g/mol. The zero-order valence-electron chi connectivity index (χ0n) is 16.1. The van der Waals surface area contributed by atoms with E-state index in [1.54, 1.807) is 28.0 Å². The van der Waals surface area contributed by atoms with Crippen molar-refractivity contribution in [3.63, 3.8) is 0 Å². The summed E-state index contributed by atoms with van der Waals surface area (Å²) in [5.74, 6) is 2.79. The Kier molecular flexibility index (Phi) is 5.73. The largest absolute Gasteiger partial charge is 0.498 e. The first kappa shape index (κ1) is 17.6. The van der Waals surface area contributed by atoms with Gasteiger partial charge in [0.25, 0.3) is 0 Å². The lowest BCUT2D eigenvalue weighted by molar-refractivity contribution is 0.185. The number of rotatable bonds is 4. The number of ether oxygens (including phenoxy) is 1. The van der Waals surface area contributed by atoms with E-state index in [1.165, 1.54) is 57.1 Å². The fourth-order valence-corrected chi connectivity index (χ4v) is 4.63. The van der Waals surface area contributed by atoms with E-state index in [9.17, 15) is 0 Å². The van der Waals surface area contributed by atoms with Crippen LogP contribution in [0.4, 0.5) is 0 Å². The molecular formula is C22H35NO. The van der Waals surface area contributed by atoms with E-state index in [2.05, 4.69) is 33.0 Å². The molecule has 3 rings (SSSR count). The molecule has 0 fully saturated rings. The van der Waals surface area contributed by atoms with Gasteiger partial charge in [0.2, 0.25) is 0 Å². The van der Waals surface area contributed by atoms with Crippen LogP contribution in [0.15, 0.2) is 33.7 Å². The summed E-state index contributed by atoms with van der Waals surface area (Å²) in [4.78, 5) is 0. The van der Waals surface area contributed by atoms with Crippen LogP contribution in [-0.2, 0) is 4.74 Å². The highest BCUT2D eigenvalue weighted by atomic mass is 16.5. The zero-order valence-corrected chi connectivity index (χ0v) is 16.1. The van der Waals surface area contributed by atoms with Gasteiger partial charge >= 0.3 is 0 Å². The first-order valence-corrected chi connectivity index (χ1v) is 9.92. The van der Waals surface area contributed by atoms with Crippen LogP contribution in [0.1, 0.15) is 79.1 Å². The summed E-state index contributed by atoms with van der Waals surface area (Å²) in [5, 5.41) is 3.80. The van der Waals surface area contributed by atoms with E-state index in [0.29, 0.717) is 0 Å². The molecule has 134 valence electrons. The Bertz CT molecular complexity index is 567. The van der Waals surface area contributed by atoms with Crippen LogP contribution in [0.5, 0.6) is 0 Å². The lowest BCUT2D eigenvalue weighted by atomic mass is 9.80. The molecule has 0 aromatic heterocycles. The molecule has 2 nitrogen and oxygen atoms in total. The number of hydrogen-bond donors (Lipinski definition) is 1.